The van der Waals surface area contributed by atoms with E-state index in [0.29, 0.717) is 0 Å². The first-order valence-corrected chi connectivity index (χ1v) is 5.96. The summed E-state index contributed by atoms with van der Waals surface area (Å²) in [6.45, 7) is 6.38. The number of aryl methyl sites for hydroxylation is 3. The highest BCUT2D eigenvalue weighted by molar-refractivity contribution is 5.70. The Morgan fingerprint density at radius 2 is 1.12 bits per heavy atom. The van der Waals surface area contributed by atoms with Gasteiger partial charge in [0.15, 0.2) is 0 Å². The number of hydrogen-bond donors (Lipinski definition) is 0. The summed E-state index contributed by atoms with van der Waals surface area (Å²) >= 11 is 0. The summed E-state index contributed by atoms with van der Waals surface area (Å²) in [7, 11) is 0. The number of benzene rings is 2. The summed E-state index contributed by atoms with van der Waals surface area (Å²) in [6, 6.07) is 15.2. The first-order chi connectivity index (χ1) is 8.13. The van der Waals surface area contributed by atoms with Crippen molar-refractivity contribution in [2.45, 2.75) is 20.8 Å². The van der Waals surface area contributed by atoms with Crippen molar-refractivity contribution in [2.24, 2.45) is 0 Å². The first-order valence-electron chi connectivity index (χ1n) is 5.96. The first kappa shape index (κ1) is 11.7. The predicted molar refractivity (Wildman–Crippen MR) is 76.0 cm³/mol. The Bertz CT molecular complexity index is 510. The third-order valence-corrected chi connectivity index (χ3v) is 2.79. The Labute approximate surface area is 104 Å². The predicted octanol–water partition coefficient (Wildman–Crippen LogP) is 4.78. The van der Waals surface area contributed by atoms with Crippen molar-refractivity contribution in [3.63, 3.8) is 0 Å². The maximum absolute atomic E-state index is 2.21. The Kier molecular flexibility index (Phi) is 3.43. The van der Waals surface area contributed by atoms with Crippen LogP contribution in [0.25, 0.3) is 12.2 Å². The highest BCUT2D eigenvalue weighted by Gasteiger charge is 1.92. The molecule has 0 radical (unpaired) electrons. The van der Waals surface area contributed by atoms with Gasteiger partial charge in [-0.1, -0.05) is 71.3 Å². The molecule has 17 heavy (non-hydrogen) atoms. The Balaban J connectivity index is 2.22. The van der Waals surface area contributed by atoms with E-state index in [1.807, 2.05) is 0 Å². The fourth-order valence-electron chi connectivity index (χ4n) is 1.98. The van der Waals surface area contributed by atoms with Gasteiger partial charge < -0.3 is 0 Å². The minimum Gasteiger partial charge on any atom is -0.0587 e. The van der Waals surface area contributed by atoms with Crippen LogP contribution in [-0.2, 0) is 0 Å². The van der Waals surface area contributed by atoms with Crippen molar-refractivity contribution >= 4 is 12.2 Å². The summed E-state index contributed by atoms with van der Waals surface area (Å²) in [5, 5.41) is 0. The molecule has 0 saturated carbocycles. The average Bonchev–Trinajstić information content (AvgIpc) is 2.27. The lowest BCUT2D eigenvalue weighted by Gasteiger charge is -2.00. The van der Waals surface area contributed by atoms with Gasteiger partial charge in [-0.15, -0.1) is 0 Å². The molecule has 0 heterocycles. The van der Waals surface area contributed by atoms with E-state index in [1.165, 1.54) is 27.8 Å². The van der Waals surface area contributed by atoms with Gasteiger partial charge in [0.05, 0.1) is 0 Å². The van der Waals surface area contributed by atoms with Crippen molar-refractivity contribution in [1.29, 1.82) is 0 Å². The van der Waals surface area contributed by atoms with Crippen LogP contribution in [0.2, 0.25) is 0 Å². The van der Waals surface area contributed by atoms with Crippen LogP contribution < -0.4 is 0 Å². The van der Waals surface area contributed by atoms with Gasteiger partial charge >= 0.3 is 0 Å². The molecule has 0 saturated heterocycles. The molecule has 0 heteroatoms. The highest BCUT2D eigenvalue weighted by Crippen LogP contribution is 2.13. The van der Waals surface area contributed by atoms with E-state index in [-0.39, 0.29) is 0 Å². The Morgan fingerprint density at radius 3 is 1.71 bits per heavy atom. The van der Waals surface area contributed by atoms with Crippen molar-refractivity contribution < 1.29 is 0 Å². The second-order valence-corrected chi connectivity index (χ2v) is 4.67. The molecular formula is C17H18. The lowest BCUT2D eigenvalue weighted by Crippen LogP contribution is -1.80. The molecule has 2 aromatic rings. The zero-order chi connectivity index (χ0) is 12.3. The smallest absolute Gasteiger partial charge is 0.0251 e. The van der Waals surface area contributed by atoms with Crippen LogP contribution in [0.15, 0.2) is 42.5 Å². The van der Waals surface area contributed by atoms with Gasteiger partial charge in [-0.05, 0) is 31.9 Å². The lowest BCUT2D eigenvalue weighted by molar-refractivity contribution is 1.37. The largest absolute Gasteiger partial charge is 0.0587 e. The minimum absolute atomic E-state index is 1.25. The molecule has 0 fully saturated rings. The summed E-state index contributed by atoms with van der Waals surface area (Å²) in [5.41, 5.74) is 6.44. The lowest BCUT2D eigenvalue weighted by atomic mass is 10.1. The second-order valence-electron chi connectivity index (χ2n) is 4.67. The summed E-state index contributed by atoms with van der Waals surface area (Å²) in [6.07, 6.45) is 4.33. The van der Waals surface area contributed by atoms with Crippen LogP contribution >= 0.6 is 0 Å². The second kappa shape index (κ2) is 5.01. The van der Waals surface area contributed by atoms with Crippen molar-refractivity contribution in [2.75, 3.05) is 0 Å². The molecule has 0 amide bonds. The molecule has 0 spiro atoms. The van der Waals surface area contributed by atoms with E-state index >= 15 is 0 Å². The molecule has 0 unspecified atom stereocenters. The van der Waals surface area contributed by atoms with Gasteiger partial charge in [0.25, 0.3) is 0 Å². The van der Waals surface area contributed by atoms with E-state index in [1.54, 1.807) is 0 Å². The molecule has 0 N–H and O–H groups in total. The molecule has 2 rings (SSSR count). The molecular weight excluding hydrogens is 204 g/mol. The average molecular weight is 222 g/mol. The maximum atomic E-state index is 2.21. The Hall–Kier alpha value is -1.82. The fraction of sp³-hybridized carbons (Fsp3) is 0.176. The van der Waals surface area contributed by atoms with Gasteiger partial charge in [-0.3, -0.25) is 0 Å². The van der Waals surface area contributed by atoms with Gasteiger partial charge in [0.1, 0.15) is 0 Å². The molecule has 86 valence electrons. The monoisotopic (exact) mass is 222 g/mol. The van der Waals surface area contributed by atoms with Crippen LogP contribution in [0.4, 0.5) is 0 Å². The molecule has 0 nitrogen and oxygen atoms in total. The maximum Gasteiger partial charge on any atom is -0.0251 e. The normalized spacial score (nSPS) is 11.0. The summed E-state index contributed by atoms with van der Waals surface area (Å²) < 4.78 is 0. The van der Waals surface area contributed by atoms with E-state index in [9.17, 15) is 0 Å². The zero-order valence-corrected chi connectivity index (χ0v) is 10.7. The van der Waals surface area contributed by atoms with Crippen molar-refractivity contribution in [3.05, 3.63) is 70.3 Å². The van der Waals surface area contributed by atoms with Gasteiger partial charge in [-0.2, -0.15) is 0 Å². The molecule has 0 aliphatic heterocycles. The molecule has 0 bridgehead atoms. The van der Waals surface area contributed by atoms with Crippen LogP contribution in [-0.4, -0.2) is 0 Å². The standard InChI is InChI=1S/C17H18/c1-13-4-6-16(7-5-13)8-9-17-11-14(2)10-15(3)12-17/h4-12H,1-3H3. The topological polar surface area (TPSA) is 0 Å². The minimum atomic E-state index is 1.25. The van der Waals surface area contributed by atoms with E-state index in [4.69, 9.17) is 0 Å². The van der Waals surface area contributed by atoms with E-state index in [2.05, 4.69) is 75.4 Å². The van der Waals surface area contributed by atoms with E-state index in [0.717, 1.165) is 0 Å². The quantitative estimate of drug-likeness (QED) is 0.641. The van der Waals surface area contributed by atoms with Crippen molar-refractivity contribution in [1.82, 2.24) is 0 Å². The number of rotatable bonds is 2. The number of hydrogen-bond acceptors (Lipinski definition) is 0. The molecule has 0 atom stereocenters. The van der Waals surface area contributed by atoms with Crippen LogP contribution in [0.3, 0.4) is 0 Å². The third kappa shape index (κ3) is 3.32. The van der Waals surface area contributed by atoms with Gasteiger partial charge in [0, 0.05) is 0 Å². The molecule has 0 aromatic heterocycles. The van der Waals surface area contributed by atoms with Crippen LogP contribution in [0.5, 0.6) is 0 Å². The highest BCUT2D eigenvalue weighted by atomic mass is 14.0. The zero-order valence-electron chi connectivity index (χ0n) is 10.7. The summed E-state index contributed by atoms with van der Waals surface area (Å²) in [5.74, 6) is 0. The molecule has 2 aromatic carbocycles. The molecule has 0 aliphatic carbocycles. The third-order valence-electron chi connectivity index (χ3n) is 2.79. The van der Waals surface area contributed by atoms with Gasteiger partial charge in [0.2, 0.25) is 0 Å². The van der Waals surface area contributed by atoms with Crippen LogP contribution in [0, 0.1) is 20.8 Å². The van der Waals surface area contributed by atoms with E-state index < -0.39 is 0 Å². The SMILES string of the molecule is Cc1ccc(C=Cc2cc(C)cc(C)c2)cc1. The van der Waals surface area contributed by atoms with Crippen LogP contribution in [0.1, 0.15) is 27.8 Å². The summed E-state index contributed by atoms with van der Waals surface area (Å²) in [4.78, 5) is 0. The van der Waals surface area contributed by atoms with Crippen molar-refractivity contribution in [3.8, 4) is 0 Å². The molecule has 0 aliphatic rings. The van der Waals surface area contributed by atoms with Gasteiger partial charge in [-0.25, -0.2) is 0 Å². The Morgan fingerprint density at radius 1 is 0.588 bits per heavy atom. The fourth-order valence-corrected chi connectivity index (χ4v) is 1.98.